The minimum Gasteiger partial charge on any atom is -0.459 e. The number of hydrogen-bond acceptors (Lipinski definition) is 6. The molecule has 2 amide bonds. The minimum atomic E-state index is -1.21. The molecule has 0 saturated carbocycles. The predicted molar refractivity (Wildman–Crippen MR) is 121 cm³/mol. The summed E-state index contributed by atoms with van der Waals surface area (Å²) in [7, 11) is 0. The number of nitrogens with one attached hydrogen (secondary N) is 2. The van der Waals surface area contributed by atoms with Crippen LogP contribution in [0, 0.1) is 6.92 Å². The topological polar surface area (TPSA) is 114 Å². The quantitative estimate of drug-likeness (QED) is 0.566. The minimum absolute atomic E-state index is 0.0300. The Bertz CT molecular complexity index is 835. The zero-order chi connectivity index (χ0) is 24.0. The summed E-state index contributed by atoms with van der Waals surface area (Å²) in [5.74, 6) is -1.42. The van der Waals surface area contributed by atoms with Crippen LogP contribution in [-0.4, -0.2) is 47.9 Å². The highest BCUT2D eigenvalue weighted by Crippen LogP contribution is 2.06. The van der Waals surface area contributed by atoms with E-state index in [0.717, 1.165) is 5.56 Å². The number of carbonyl (C=O) groups is 3. The first-order valence-corrected chi connectivity index (χ1v) is 10.2. The van der Waals surface area contributed by atoms with Crippen LogP contribution >= 0.6 is 0 Å². The van der Waals surface area contributed by atoms with Gasteiger partial charge in [0.25, 0.3) is 0 Å². The van der Waals surface area contributed by atoms with Crippen molar-refractivity contribution in [2.75, 3.05) is 13.2 Å². The normalized spacial score (nSPS) is 11.3. The Hall–Kier alpha value is -3.39. The monoisotopic (exact) mass is 444 g/mol. The molecular formula is C24H32N2O6. The predicted octanol–water partition coefficient (Wildman–Crippen LogP) is 2.73. The molecule has 0 saturated heterocycles. The Kier molecular flexibility index (Phi) is 11.5. The van der Waals surface area contributed by atoms with Gasteiger partial charge >= 0.3 is 12.1 Å². The number of alkyl carbamates (subject to hydrolysis) is 1. The number of aliphatic hydroxyl groups is 1. The van der Waals surface area contributed by atoms with Crippen LogP contribution < -0.4 is 10.6 Å². The maximum Gasteiger partial charge on any atom is 0.408 e. The fourth-order valence-corrected chi connectivity index (χ4v) is 2.25. The van der Waals surface area contributed by atoms with Crippen molar-refractivity contribution in [1.82, 2.24) is 10.6 Å². The largest absolute Gasteiger partial charge is 0.459 e. The van der Waals surface area contributed by atoms with Crippen LogP contribution in [0.5, 0.6) is 0 Å². The van der Waals surface area contributed by atoms with Crippen LogP contribution in [0.3, 0.4) is 0 Å². The molecule has 0 aliphatic carbocycles. The molecule has 3 N–H and O–H groups in total. The van der Waals surface area contributed by atoms with Crippen molar-refractivity contribution in [2.45, 2.75) is 45.9 Å². The first-order valence-electron chi connectivity index (χ1n) is 10.2. The number of carbonyl (C=O) groups excluding carboxylic acids is 3. The molecule has 2 aromatic carbocycles. The van der Waals surface area contributed by atoms with Crippen LogP contribution in [0.4, 0.5) is 4.79 Å². The van der Waals surface area contributed by atoms with Gasteiger partial charge in [-0.05, 0) is 33.3 Å². The molecule has 0 aromatic heterocycles. The van der Waals surface area contributed by atoms with E-state index in [9.17, 15) is 19.5 Å². The lowest BCUT2D eigenvalue weighted by Gasteiger charge is -2.20. The molecule has 0 spiro atoms. The number of hydrogen-bond donors (Lipinski definition) is 3. The average Bonchev–Trinajstić information content (AvgIpc) is 2.75. The first-order chi connectivity index (χ1) is 15.1. The second-order valence-electron chi connectivity index (χ2n) is 7.91. The molecule has 1 atom stereocenters. The number of aryl methyl sites for hydroxylation is 1. The van der Waals surface area contributed by atoms with Crippen LogP contribution in [0.2, 0.25) is 0 Å². The van der Waals surface area contributed by atoms with E-state index in [4.69, 9.17) is 9.47 Å². The Morgan fingerprint density at radius 1 is 0.969 bits per heavy atom. The van der Waals surface area contributed by atoms with E-state index >= 15 is 0 Å². The van der Waals surface area contributed by atoms with Crippen molar-refractivity contribution in [3.8, 4) is 0 Å². The smallest absolute Gasteiger partial charge is 0.408 e. The highest BCUT2D eigenvalue weighted by molar-refractivity contribution is 5.87. The molecule has 0 aliphatic rings. The molecule has 2 aromatic rings. The third-order valence-corrected chi connectivity index (χ3v) is 3.76. The van der Waals surface area contributed by atoms with Gasteiger partial charge in [0.05, 0.1) is 6.61 Å². The fourth-order valence-electron chi connectivity index (χ4n) is 2.25. The molecule has 0 heterocycles. The van der Waals surface area contributed by atoms with E-state index < -0.39 is 42.8 Å². The van der Waals surface area contributed by atoms with Crippen molar-refractivity contribution in [1.29, 1.82) is 0 Å². The van der Waals surface area contributed by atoms with E-state index in [0.29, 0.717) is 0 Å². The maximum atomic E-state index is 11.9. The zero-order valence-corrected chi connectivity index (χ0v) is 19.0. The molecule has 174 valence electrons. The Balaban J connectivity index is 0.000000616. The van der Waals surface area contributed by atoms with Crippen molar-refractivity contribution in [3.63, 3.8) is 0 Å². The highest BCUT2D eigenvalue weighted by atomic mass is 16.6. The fraction of sp³-hybridized carbons (Fsp3) is 0.375. The third kappa shape index (κ3) is 12.3. The Morgan fingerprint density at radius 2 is 1.53 bits per heavy atom. The van der Waals surface area contributed by atoms with E-state index in [1.54, 1.807) is 45.0 Å². The van der Waals surface area contributed by atoms with Gasteiger partial charge in [0.1, 0.15) is 18.8 Å². The summed E-state index contributed by atoms with van der Waals surface area (Å²) < 4.78 is 10.0. The van der Waals surface area contributed by atoms with Gasteiger partial charge in [-0.3, -0.25) is 4.79 Å². The molecule has 0 fully saturated rings. The summed E-state index contributed by atoms with van der Waals surface area (Å²) in [4.78, 5) is 35.1. The van der Waals surface area contributed by atoms with Crippen LogP contribution in [0.25, 0.3) is 0 Å². The second-order valence-corrected chi connectivity index (χ2v) is 7.91. The summed E-state index contributed by atoms with van der Waals surface area (Å²) >= 11 is 0. The lowest BCUT2D eigenvalue weighted by Crippen LogP contribution is -2.48. The lowest BCUT2D eigenvalue weighted by atomic mass is 10.2. The van der Waals surface area contributed by atoms with Crippen molar-refractivity contribution < 1.29 is 29.0 Å². The number of aliphatic hydroxyl groups excluding tert-OH is 1. The standard InChI is InChI=1S/C17H24N2O6.C7H8/c1-17(2,3)25-16(23)18-9-14(21)19-13(10-20)15(22)24-11-12-7-5-4-6-8-12;1-7-5-3-2-4-6-7/h4-8,13,20H,9-11H2,1-3H3,(H,18,23)(H,19,21);2-6H,1H3. The van der Waals surface area contributed by atoms with Crippen molar-refractivity contribution in [3.05, 3.63) is 71.8 Å². The molecule has 8 heteroatoms. The summed E-state index contributed by atoms with van der Waals surface area (Å²) in [5, 5.41) is 13.8. The molecule has 8 nitrogen and oxygen atoms in total. The van der Waals surface area contributed by atoms with Gasteiger partial charge in [-0.1, -0.05) is 66.2 Å². The van der Waals surface area contributed by atoms with Crippen molar-refractivity contribution in [2.24, 2.45) is 0 Å². The van der Waals surface area contributed by atoms with Gasteiger partial charge in [0.2, 0.25) is 5.91 Å². The molecule has 0 radical (unpaired) electrons. The lowest BCUT2D eigenvalue weighted by molar-refractivity contribution is -0.150. The average molecular weight is 445 g/mol. The summed E-state index contributed by atoms with van der Waals surface area (Å²) in [5.41, 5.74) is 1.42. The molecule has 0 bridgehead atoms. The van der Waals surface area contributed by atoms with Gasteiger partial charge in [-0.2, -0.15) is 0 Å². The highest BCUT2D eigenvalue weighted by Gasteiger charge is 2.22. The first kappa shape index (κ1) is 26.6. The molecular weight excluding hydrogens is 412 g/mol. The Morgan fingerprint density at radius 3 is 2.00 bits per heavy atom. The Labute approximate surface area is 188 Å². The second kappa shape index (κ2) is 13.8. The van der Waals surface area contributed by atoms with Gasteiger partial charge in [0.15, 0.2) is 6.04 Å². The van der Waals surface area contributed by atoms with Gasteiger partial charge in [0, 0.05) is 0 Å². The number of ether oxygens (including phenoxy) is 2. The van der Waals surface area contributed by atoms with E-state index in [-0.39, 0.29) is 6.61 Å². The number of amides is 2. The summed E-state index contributed by atoms with van der Waals surface area (Å²) in [6, 6.07) is 18.1. The summed E-state index contributed by atoms with van der Waals surface area (Å²) in [6.45, 7) is 6.18. The summed E-state index contributed by atoms with van der Waals surface area (Å²) in [6.07, 6.45) is -0.755. The third-order valence-electron chi connectivity index (χ3n) is 3.76. The van der Waals surface area contributed by atoms with Crippen LogP contribution in [0.15, 0.2) is 60.7 Å². The van der Waals surface area contributed by atoms with Crippen molar-refractivity contribution >= 4 is 18.0 Å². The van der Waals surface area contributed by atoms with E-state index in [1.165, 1.54) is 5.56 Å². The number of rotatable bonds is 7. The van der Waals surface area contributed by atoms with Gasteiger partial charge in [-0.25, -0.2) is 9.59 Å². The molecule has 2 rings (SSSR count). The van der Waals surface area contributed by atoms with Crippen LogP contribution in [0.1, 0.15) is 31.9 Å². The maximum absolute atomic E-state index is 11.9. The zero-order valence-electron chi connectivity index (χ0n) is 19.0. The van der Waals surface area contributed by atoms with E-state index in [1.807, 2.05) is 24.3 Å². The van der Waals surface area contributed by atoms with Gasteiger partial charge < -0.3 is 25.2 Å². The number of esters is 1. The van der Waals surface area contributed by atoms with E-state index in [2.05, 4.69) is 29.7 Å². The molecule has 1 unspecified atom stereocenters. The molecule has 32 heavy (non-hydrogen) atoms. The van der Waals surface area contributed by atoms with Crippen LogP contribution in [-0.2, 0) is 25.7 Å². The molecule has 0 aliphatic heterocycles. The SMILES string of the molecule is CC(C)(C)OC(=O)NCC(=O)NC(CO)C(=O)OCc1ccccc1.Cc1ccccc1. The van der Waals surface area contributed by atoms with Gasteiger partial charge in [-0.15, -0.1) is 0 Å². The number of benzene rings is 2.